The van der Waals surface area contributed by atoms with E-state index in [1.165, 1.54) is 0 Å². The molecular formula is C11H15NO3. The summed E-state index contributed by atoms with van der Waals surface area (Å²) in [5, 5.41) is 2.52. The lowest BCUT2D eigenvalue weighted by molar-refractivity contribution is -0.126. The molecule has 0 saturated heterocycles. The molecule has 0 aliphatic carbocycles. The predicted molar refractivity (Wildman–Crippen MR) is 57.2 cm³/mol. The molecule has 0 aliphatic heterocycles. The van der Waals surface area contributed by atoms with E-state index < -0.39 is 6.10 Å². The molecular weight excluding hydrogens is 194 g/mol. The van der Waals surface area contributed by atoms with E-state index in [1.54, 1.807) is 33.2 Å². The number of amides is 1. The third-order valence-electron chi connectivity index (χ3n) is 1.99. The zero-order chi connectivity index (χ0) is 11.3. The van der Waals surface area contributed by atoms with Crippen molar-refractivity contribution < 1.29 is 14.3 Å². The van der Waals surface area contributed by atoms with Crippen LogP contribution in [0.5, 0.6) is 11.5 Å². The van der Waals surface area contributed by atoms with Gasteiger partial charge in [-0.05, 0) is 19.1 Å². The van der Waals surface area contributed by atoms with Gasteiger partial charge in [0.15, 0.2) is 17.6 Å². The van der Waals surface area contributed by atoms with Crippen molar-refractivity contribution in [3.63, 3.8) is 0 Å². The average molecular weight is 209 g/mol. The Morgan fingerprint density at radius 2 is 1.93 bits per heavy atom. The van der Waals surface area contributed by atoms with E-state index in [9.17, 15) is 4.79 Å². The minimum Gasteiger partial charge on any atom is -0.493 e. The second kappa shape index (κ2) is 5.24. The normalized spacial score (nSPS) is 11.7. The van der Waals surface area contributed by atoms with Crippen molar-refractivity contribution in [3.8, 4) is 11.5 Å². The van der Waals surface area contributed by atoms with E-state index in [4.69, 9.17) is 9.47 Å². The van der Waals surface area contributed by atoms with E-state index in [0.29, 0.717) is 11.5 Å². The number of hydrogen-bond donors (Lipinski definition) is 1. The predicted octanol–water partition coefficient (Wildman–Crippen LogP) is 1.21. The molecule has 0 bridgehead atoms. The standard InChI is InChI=1S/C11H15NO3/c1-8(11(13)12-2)15-10-7-5-4-6-9(10)14-3/h4-8H,1-3H3,(H,12,13)/t8-/m1/s1. The molecule has 1 aromatic carbocycles. The van der Waals surface area contributed by atoms with Crippen molar-refractivity contribution in [3.05, 3.63) is 24.3 Å². The highest BCUT2D eigenvalue weighted by molar-refractivity contribution is 5.80. The Balaban J connectivity index is 2.75. The summed E-state index contributed by atoms with van der Waals surface area (Å²) in [7, 11) is 3.14. The summed E-state index contributed by atoms with van der Waals surface area (Å²) in [4.78, 5) is 11.2. The molecule has 1 N–H and O–H groups in total. The highest BCUT2D eigenvalue weighted by Crippen LogP contribution is 2.26. The van der Waals surface area contributed by atoms with Crippen molar-refractivity contribution in [2.45, 2.75) is 13.0 Å². The van der Waals surface area contributed by atoms with E-state index in [-0.39, 0.29) is 5.91 Å². The zero-order valence-corrected chi connectivity index (χ0v) is 9.11. The number of likely N-dealkylation sites (N-methyl/N-ethyl adjacent to an activating group) is 1. The Morgan fingerprint density at radius 3 is 2.47 bits per heavy atom. The van der Waals surface area contributed by atoms with Crippen LogP contribution < -0.4 is 14.8 Å². The van der Waals surface area contributed by atoms with Gasteiger partial charge < -0.3 is 14.8 Å². The van der Waals surface area contributed by atoms with Crippen LogP contribution in [0.25, 0.3) is 0 Å². The number of ether oxygens (including phenoxy) is 2. The lowest BCUT2D eigenvalue weighted by Crippen LogP contribution is -2.33. The van der Waals surface area contributed by atoms with Crippen molar-refractivity contribution in [2.24, 2.45) is 0 Å². The molecule has 4 heteroatoms. The van der Waals surface area contributed by atoms with Crippen LogP contribution in [0.15, 0.2) is 24.3 Å². The molecule has 0 heterocycles. The Hall–Kier alpha value is -1.71. The number of benzene rings is 1. The monoisotopic (exact) mass is 209 g/mol. The number of hydrogen-bond acceptors (Lipinski definition) is 3. The summed E-state index contributed by atoms with van der Waals surface area (Å²) in [6.07, 6.45) is -0.536. The maximum absolute atomic E-state index is 11.2. The molecule has 4 nitrogen and oxygen atoms in total. The number of methoxy groups -OCH3 is 1. The van der Waals surface area contributed by atoms with Crippen LogP contribution in [-0.2, 0) is 4.79 Å². The fourth-order valence-corrected chi connectivity index (χ4v) is 1.16. The molecule has 0 radical (unpaired) electrons. The molecule has 1 aromatic rings. The molecule has 0 unspecified atom stereocenters. The van der Waals surface area contributed by atoms with E-state index in [0.717, 1.165) is 0 Å². The molecule has 1 rings (SSSR count). The van der Waals surface area contributed by atoms with Gasteiger partial charge in [-0.3, -0.25) is 4.79 Å². The summed E-state index contributed by atoms with van der Waals surface area (Å²) >= 11 is 0. The van der Waals surface area contributed by atoms with Crippen molar-refractivity contribution >= 4 is 5.91 Å². The van der Waals surface area contributed by atoms with Crippen molar-refractivity contribution in [2.75, 3.05) is 14.2 Å². The number of carbonyl (C=O) groups excluding carboxylic acids is 1. The fourth-order valence-electron chi connectivity index (χ4n) is 1.16. The SMILES string of the molecule is CNC(=O)[C@@H](C)Oc1ccccc1OC. The molecule has 0 spiro atoms. The first-order valence-corrected chi connectivity index (χ1v) is 4.70. The summed E-state index contributed by atoms with van der Waals surface area (Å²) in [5.74, 6) is 1.02. The maximum Gasteiger partial charge on any atom is 0.260 e. The van der Waals surface area contributed by atoms with Crippen LogP contribution in [-0.4, -0.2) is 26.2 Å². The molecule has 1 amide bonds. The quantitative estimate of drug-likeness (QED) is 0.810. The number of para-hydroxylation sites is 2. The minimum atomic E-state index is -0.536. The van der Waals surface area contributed by atoms with Gasteiger partial charge in [-0.25, -0.2) is 0 Å². The molecule has 0 aromatic heterocycles. The van der Waals surface area contributed by atoms with Crippen LogP contribution in [0, 0.1) is 0 Å². The third-order valence-corrected chi connectivity index (χ3v) is 1.99. The van der Waals surface area contributed by atoms with Gasteiger partial charge in [-0.15, -0.1) is 0 Å². The van der Waals surface area contributed by atoms with Crippen LogP contribution in [0.1, 0.15) is 6.92 Å². The van der Waals surface area contributed by atoms with Crippen LogP contribution in [0.2, 0.25) is 0 Å². The molecule has 0 saturated carbocycles. The molecule has 82 valence electrons. The van der Waals surface area contributed by atoms with E-state index >= 15 is 0 Å². The third kappa shape index (κ3) is 2.87. The Labute approximate surface area is 89.2 Å². The van der Waals surface area contributed by atoms with Gasteiger partial charge >= 0.3 is 0 Å². The largest absolute Gasteiger partial charge is 0.493 e. The van der Waals surface area contributed by atoms with Crippen LogP contribution in [0.4, 0.5) is 0 Å². The van der Waals surface area contributed by atoms with Gasteiger partial charge in [0.05, 0.1) is 7.11 Å². The molecule has 0 fully saturated rings. The van der Waals surface area contributed by atoms with Gasteiger partial charge in [0.1, 0.15) is 0 Å². The van der Waals surface area contributed by atoms with Crippen LogP contribution >= 0.6 is 0 Å². The number of nitrogens with one attached hydrogen (secondary N) is 1. The average Bonchev–Trinajstić information content (AvgIpc) is 2.28. The maximum atomic E-state index is 11.2. The van der Waals surface area contributed by atoms with E-state index in [1.807, 2.05) is 12.1 Å². The topological polar surface area (TPSA) is 47.6 Å². The van der Waals surface area contributed by atoms with E-state index in [2.05, 4.69) is 5.32 Å². The van der Waals surface area contributed by atoms with Gasteiger partial charge in [-0.2, -0.15) is 0 Å². The van der Waals surface area contributed by atoms with Gasteiger partial charge in [-0.1, -0.05) is 12.1 Å². The molecule has 0 aliphatic rings. The van der Waals surface area contributed by atoms with Crippen molar-refractivity contribution in [1.82, 2.24) is 5.32 Å². The number of rotatable bonds is 4. The lowest BCUT2D eigenvalue weighted by Gasteiger charge is -2.15. The zero-order valence-electron chi connectivity index (χ0n) is 9.11. The van der Waals surface area contributed by atoms with Crippen LogP contribution in [0.3, 0.4) is 0 Å². The highest BCUT2D eigenvalue weighted by Gasteiger charge is 2.14. The second-order valence-corrected chi connectivity index (χ2v) is 3.03. The molecule has 15 heavy (non-hydrogen) atoms. The smallest absolute Gasteiger partial charge is 0.260 e. The minimum absolute atomic E-state index is 0.166. The first-order valence-electron chi connectivity index (χ1n) is 4.70. The Morgan fingerprint density at radius 1 is 1.33 bits per heavy atom. The Bertz CT molecular complexity index is 338. The second-order valence-electron chi connectivity index (χ2n) is 3.03. The summed E-state index contributed by atoms with van der Waals surface area (Å²) in [6.45, 7) is 1.69. The first kappa shape index (κ1) is 11.4. The first-order chi connectivity index (χ1) is 7.19. The highest BCUT2D eigenvalue weighted by atomic mass is 16.5. The van der Waals surface area contributed by atoms with Gasteiger partial charge in [0.25, 0.3) is 5.91 Å². The summed E-state index contributed by atoms with van der Waals surface area (Å²) < 4.78 is 10.6. The summed E-state index contributed by atoms with van der Waals surface area (Å²) in [5.41, 5.74) is 0. The Kier molecular flexibility index (Phi) is 3.97. The van der Waals surface area contributed by atoms with Gasteiger partial charge in [0, 0.05) is 7.05 Å². The van der Waals surface area contributed by atoms with Crippen molar-refractivity contribution in [1.29, 1.82) is 0 Å². The van der Waals surface area contributed by atoms with Gasteiger partial charge in [0.2, 0.25) is 0 Å². The lowest BCUT2D eigenvalue weighted by atomic mass is 10.3. The summed E-state index contributed by atoms with van der Waals surface area (Å²) in [6, 6.07) is 7.22. The fraction of sp³-hybridized carbons (Fsp3) is 0.364. The number of carbonyl (C=O) groups is 1. The molecule has 1 atom stereocenters.